The lowest BCUT2D eigenvalue weighted by Gasteiger charge is -1.98. The van der Waals surface area contributed by atoms with E-state index in [2.05, 4.69) is 0 Å². The van der Waals surface area contributed by atoms with E-state index < -0.39 is 0 Å². The van der Waals surface area contributed by atoms with Crippen LogP contribution in [0.4, 0.5) is 4.39 Å². The maximum absolute atomic E-state index is 13.4. The van der Waals surface area contributed by atoms with Gasteiger partial charge in [0.1, 0.15) is 5.82 Å². The molecule has 0 saturated carbocycles. The molecule has 0 spiro atoms. The summed E-state index contributed by atoms with van der Waals surface area (Å²) in [4.78, 5) is 0. The Labute approximate surface area is 80.7 Å². The SMILES string of the molecule is Cc1cn(C)c2c(F)cc(Cl)cc12. The number of fused-ring (bicyclic) bond motifs is 1. The van der Waals surface area contributed by atoms with Crippen molar-refractivity contribution in [2.45, 2.75) is 6.92 Å². The van der Waals surface area contributed by atoms with E-state index in [1.54, 1.807) is 10.6 Å². The molecule has 2 rings (SSSR count). The van der Waals surface area contributed by atoms with Crippen LogP contribution in [-0.4, -0.2) is 4.57 Å². The Hall–Kier alpha value is -1.02. The Morgan fingerprint density at radius 2 is 2.08 bits per heavy atom. The molecule has 0 atom stereocenters. The monoisotopic (exact) mass is 197 g/mol. The van der Waals surface area contributed by atoms with Crippen LogP contribution in [0.1, 0.15) is 5.56 Å². The molecule has 0 radical (unpaired) electrons. The number of aryl methyl sites for hydroxylation is 2. The van der Waals surface area contributed by atoms with Crippen LogP contribution in [0.3, 0.4) is 0 Å². The third-order valence-electron chi connectivity index (χ3n) is 2.19. The minimum Gasteiger partial charge on any atom is -0.348 e. The number of nitrogens with zero attached hydrogens (tertiary/aromatic N) is 1. The number of rotatable bonds is 0. The first kappa shape index (κ1) is 8.57. The van der Waals surface area contributed by atoms with Crippen LogP contribution >= 0.6 is 11.6 Å². The van der Waals surface area contributed by atoms with Crippen molar-refractivity contribution in [3.63, 3.8) is 0 Å². The van der Waals surface area contributed by atoms with Gasteiger partial charge in [-0.05, 0) is 24.6 Å². The van der Waals surface area contributed by atoms with Gasteiger partial charge < -0.3 is 4.57 Å². The minimum atomic E-state index is -0.266. The Bertz CT molecular complexity index is 473. The quantitative estimate of drug-likeness (QED) is 0.611. The van der Waals surface area contributed by atoms with E-state index in [0.29, 0.717) is 10.5 Å². The Morgan fingerprint density at radius 1 is 1.38 bits per heavy atom. The van der Waals surface area contributed by atoms with Gasteiger partial charge >= 0.3 is 0 Å². The van der Waals surface area contributed by atoms with Crippen LogP contribution in [0, 0.1) is 12.7 Å². The van der Waals surface area contributed by atoms with Gasteiger partial charge in [-0.1, -0.05) is 11.6 Å². The van der Waals surface area contributed by atoms with Crippen LogP contribution in [-0.2, 0) is 7.05 Å². The van der Waals surface area contributed by atoms with E-state index in [-0.39, 0.29) is 5.82 Å². The van der Waals surface area contributed by atoms with Crippen molar-refractivity contribution >= 4 is 22.5 Å². The van der Waals surface area contributed by atoms with Gasteiger partial charge in [-0.25, -0.2) is 4.39 Å². The molecule has 2 aromatic rings. The number of halogens is 2. The molecule has 0 N–H and O–H groups in total. The largest absolute Gasteiger partial charge is 0.348 e. The highest BCUT2D eigenvalue weighted by Crippen LogP contribution is 2.26. The van der Waals surface area contributed by atoms with Gasteiger partial charge in [0.25, 0.3) is 0 Å². The molecule has 0 saturated heterocycles. The zero-order valence-corrected chi connectivity index (χ0v) is 8.19. The van der Waals surface area contributed by atoms with E-state index in [0.717, 1.165) is 10.9 Å². The van der Waals surface area contributed by atoms with E-state index in [1.165, 1.54) is 6.07 Å². The summed E-state index contributed by atoms with van der Waals surface area (Å²) in [7, 11) is 1.83. The smallest absolute Gasteiger partial charge is 0.148 e. The molecule has 1 nitrogen and oxygen atoms in total. The number of benzene rings is 1. The van der Waals surface area contributed by atoms with E-state index in [9.17, 15) is 4.39 Å². The van der Waals surface area contributed by atoms with Gasteiger partial charge in [-0.3, -0.25) is 0 Å². The summed E-state index contributed by atoms with van der Waals surface area (Å²) >= 11 is 5.76. The van der Waals surface area contributed by atoms with Gasteiger partial charge in [0.15, 0.2) is 0 Å². The average molecular weight is 198 g/mol. The summed E-state index contributed by atoms with van der Waals surface area (Å²) in [5.74, 6) is -0.266. The van der Waals surface area contributed by atoms with Crippen LogP contribution in [0.15, 0.2) is 18.3 Å². The summed E-state index contributed by atoms with van der Waals surface area (Å²) < 4.78 is 15.2. The topological polar surface area (TPSA) is 4.93 Å². The highest BCUT2D eigenvalue weighted by Gasteiger charge is 2.08. The van der Waals surface area contributed by atoms with Gasteiger partial charge in [0.05, 0.1) is 5.52 Å². The maximum Gasteiger partial charge on any atom is 0.148 e. The first-order valence-electron chi connectivity index (χ1n) is 4.00. The summed E-state index contributed by atoms with van der Waals surface area (Å²) in [6.45, 7) is 1.94. The Balaban J connectivity index is 2.97. The fourth-order valence-corrected chi connectivity index (χ4v) is 1.85. The van der Waals surface area contributed by atoms with Crippen molar-refractivity contribution in [3.05, 3.63) is 34.7 Å². The molecule has 0 aliphatic heterocycles. The van der Waals surface area contributed by atoms with E-state index in [1.807, 2.05) is 20.2 Å². The van der Waals surface area contributed by atoms with Gasteiger partial charge in [0, 0.05) is 23.7 Å². The molecule has 0 aliphatic rings. The van der Waals surface area contributed by atoms with Gasteiger partial charge in [0.2, 0.25) is 0 Å². The Kier molecular flexibility index (Phi) is 1.81. The summed E-state index contributed by atoms with van der Waals surface area (Å²) in [6, 6.07) is 3.12. The van der Waals surface area contributed by atoms with Crippen molar-refractivity contribution in [3.8, 4) is 0 Å². The van der Waals surface area contributed by atoms with Crippen molar-refractivity contribution in [1.82, 2.24) is 4.57 Å². The number of aromatic nitrogens is 1. The predicted molar refractivity (Wildman–Crippen MR) is 52.6 cm³/mol. The van der Waals surface area contributed by atoms with Crippen LogP contribution in [0.2, 0.25) is 5.02 Å². The predicted octanol–water partition coefficient (Wildman–Crippen LogP) is 3.28. The Morgan fingerprint density at radius 3 is 2.77 bits per heavy atom. The first-order chi connectivity index (χ1) is 6.09. The average Bonchev–Trinajstić information content (AvgIpc) is 2.27. The van der Waals surface area contributed by atoms with Gasteiger partial charge in [-0.15, -0.1) is 0 Å². The molecule has 1 aromatic heterocycles. The highest BCUT2D eigenvalue weighted by molar-refractivity contribution is 6.31. The molecule has 0 unspecified atom stereocenters. The zero-order valence-electron chi connectivity index (χ0n) is 7.44. The maximum atomic E-state index is 13.4. The molecule has 1 aromatic carbocycles. The standard InChI is InChI=1S/C10H9ClFN/c1-6-5-13(2)10-8(6)3-7(11)4-9(10)12/h3-5H,1-2H3. The minimum absolute atomic E-state index is 0.266. The summed E-state index contributed by atoms with van der Waals surface area (Å²) in [6.07, 6.45) is 1.89. The lowest BCUT2D eigenvalue weighted by molar-refractivity contribution is 0.632. The van der Waals surface area contributed by atoms with Crippen molar-refractivity contribution in [2.75, 3.05) is 0 Å². The molecule has 3 heteroatoms. The van der Waals surface area contributed by atoms with Crippen molar-refractivity contribution < 1.29 is 4.39 Å². The molecular formula is C10H9ClFN. The molecular weight excluding hydrogens is 189 g/mol. The number of hydrogen-bond acceptors (Lipinski definition) is 0. The second kappa shape index (κ2) is 2.74. The van der Waals surface area contributed by atoms with Crippen molar-refractivity contribution in [1.29, 1.82) is 0 Å². The first-order valence-corrected chi connectivity index (χ1v) is 4.38. The molecule has 13 heavy (non-hydrogen) atoms. The summed E-state index contributed by atoms with van der Waals surface area (Å²) in [5, 5.41) is 1.33. The lowest BCUT2D eigenvalue weighted by Crippen LogP contribution is -1.87. The molecule has 0 bridgehead atoms. The third-order valence-corrected chi connectivity index (χ3v) is 2.41. The fraction of sp³-hybridized carbons (Fsp3) is 0.200. The second-order valence-electron chi connectivity index (χ2n) is 3.21. The third kappa shape index (κ3) is 1.22. The number of hydrogen-bond donors (Lipinski definition) is 0. The van der Waals surface area contributed by atoms with E-state index in [4.69, 9.17) is 11.6 Å². The zero-order chi connectivity index (χ0) is 9.59. The van der Waals surface area contributed by atoms with Crippen molar-refractivity contribution in [2.24, 2.45) is 7.05 Å². The molecule has 0 aliphatic carbocycles. The normalized spacial score (nSPS) is 11.1. The molecule has 68 valence electrons. The summed E-state index contributed by atoms with van der Waals surface area (Å²) in [5.41, 5.74) is 1.65. The van der Waals surface area contributed by atoms with Crippen LogP contribution in [0.25, 0.3) is 10.9 Å². The molecule has 0 amide bonds. The van der Waals surface area contributed by atoms with E-state index >= 15 is 0 Å². The molecule has 0 fully saturated rings. The fourth-order valence-electron chi connectivity index (χ4n) is 1.65. The lowest BCUT2D eigenvalue weighted by atomic mass is 10.2. The highest BCUT2D eigenvalue weighted by atomic mass is 35.5. The van der Waals surface area contributed by atoms with Crippen LogP contribution < -0.4 is 0 Å². The van der Waals surface area contributed by atoms with Crippen LogP contribution in [0.5, 0.6) is 0 Å². The van der Waals surface area contributed by atoms with Gasteiger partial charge in [-0.2, -0.15) is 0 Å². The second-order valence-corrected chi connectivity index (χ2v) is 3.64. The molecule has 1 heterocycles.